The van der Waals surface area contributed by atoms with Gasteiger partial charge in [-0.05, 0) is 45.7 Å². The molecule has 0 bridgehead atoms. The van der Waals surface area contributed by atoms with Crippen LogP contribution in [0.3, 0.4) is 0 Å². The highest BCUT2D eigenvalue weighted by Gasteiger charge is 2.37. The van der Waals surface area contributed by atoms with Crippen molar-refractivity contribution >= 4 is 24.2 Å². The predicted molar refractivity (Wildman–Crippen MR) is 73.9 cm³/mol. The van der Waals surface area contributed by atoms with Gasteiger partial charge in [-0.1, -0.05) is 20.8 Å². The van der Waals surface area contributed by atoms with Gasteiger partial charge in [-0.2, -0.15) is 4.39 Å². The Kier molecular flexibility index (Phi) is 4.49. The standard InChI is InChI=1S/C12H19BrFNOSi/c1-12(2,3)17(4,5)16-8-9-6-11(14)15-7-10(9)13/h6-7H,8H2,1-5H3. The molecule has 0 saturated heterocycles. The van der Waals surface area contributed by atoms with Gasteiger partial charge in [-0.25, -0.2) is 4.98 Å². The van der Waals surface area contributed by atoms with Gasteiger partial charge in [0.1, 0.15) is 0 Å². The number of halogens is 2. The Morgan fingerprint density at radius 1 is 1.41 bits per heavy atom. The lowest BCUT2D eigenvalue weighted by Gasteiger charge is -2.36. The minimum atomic E-state index is -1.79. The van der Waals surface area contributed by atoms with Gasteiger partial charge in [-0.15, -0.1) is 0 Å². The van der Waals surface area contributed by atoms with Crippen LogP contribution in [0.25, 0.3) is 0 Å². The van der Waals surface area contributed by atoms with Crippen LogP contribution in [0.15, 0.2) is 16.7 Å². The van der Waals surface area contributed by atoms with E-state index in [4.69, 9.17) is 4.43 Å². The van der Waals surface area contributed by atoms with Crippen LogP contribution in [0.1, 0.15) is 26.3 Å². The second-order valence-corrected chi connectivity index (χ2v) is 11.3. The lowest BCUT2D eigenvalue weighted by Crippen LogP contribution is -2.40. The summed E-state index contributed by atoms with van der Waals surface area (Å²) in [5.74, 6) is -0.470. The predicted octanol–water partition coefficient (Wildman–Crippen LogP) is 4.51. The minimum Gasteiger partial charge on any atom is -0.413 e. The van der Waals surface area contributed by atoms with Crippen molar-refractivity contribution in [3.05, 3.63) is 28.2 Å². The van der Waals surface area contributed by atoms with E-state index in [9.17, 15) is 4.39 Å². The quantitative estimate of drug-likeness (QED) is 0.604. The molecule has 1 aromatic rings. The molecular formula is C12H19BrFNOSi. The molecule has 0 amide bonds. The van der Waals surface area contributed by atoms with E-state index in [-0.39, 0.29) is 5.04 Å². The molecular weight excluding hydrogens is 301 g/mol. The summed E-state index contributed by atoms with van der Waals surface area (Å²) >= 11 is 3.35. The third kappa shape index (κ3) is 3.86. The molecule has 0 atom stereocenters. The van der Waals surface area contributed by atoms with Crippen LogP contribution in [-0.4, -0.2) is 13.3 Å². The topological polar surface area (TPSA) is 22.1 Å². The molecule has 0 aromatic carbocycles. The highest BCUT2D eigenvalue weighted by Crippen LogP contribution is 2.37. The third-order valence-electron chi connectivity index (χ3n) is 3.30. The van der Waals surface area contributed by atoms with Crippen molar-refractivity contribution < 1.29 is 8.82 Å². The minimum absolute atomic E-state index is 0.158. The maximum atomic E-state index is 13.0. The van der Waals surface area contributed by atoms with Gasteiger partial charge in [0, 0.05) is 10.7 Å². The second-order valence-electron chi connectivity index (χ2n) is 5.65. The van der Waals surface area contributed by atoms with Gasteiger partial charge in [0.15, 0.2) is 8.32 Å². The normalized spacial score (nSPS) is 12.9. The van der Waals surface area contributed by atoms with Crippen LogP contribution in [-0.2, 0) is 11.0 Å². The van der Waals surface area contributed by atoms with E-state index >= 15 is 0 Å². The fourth-order valence-corrected chi connectivity index (χ4v) is 2.32. The van der Waals surface area contributed by atoms with Gasteiger partial charge in [0.05, 0.1) is 6.61 Å². The van der Waals surface area contributed by atoms with Gasteiger partial charge in [0.25, 0.3) is 0 Å². The highest BCUT2D eigenvalue weighted by atomic mass is 79.9. The molecule has 0 aliphatic heterocycles. The van der Waals surface area contributed by atoms with Gasteiger partial charge >= 0.3 is 0 Å². The molecule has 0 saturated carbocycles. The van der Waals surface area contributed by atoms with E-state index in [2.05, 4.69) is 54.8 Å². The van der Waals surface area contributed by atoms with E-state index < -0.39 is 14.3 Å². The summed E-state index contributed by atoms with van der Waals surface area (Å²) in [6, 6.07) is 1.41. The van der Waals surface area contributed by atoms with Crippen molar-refractivity contribution in [1.82, 2.24) is 4.98 Å². The Hall–Kier alpha value is -0.263. The summed E-state index contributed by atoms with van der Waals surface area (Å²) < 4.78 is 19.8. The fourth-order valence-electron chi connectivity index (χ4n) is 1.04. The average molecular weight is 320 g/mol. The Morgan fingerprint density at radius 3 is 2.53 bits per heavy atom. The molecule has 0 fully saturated rings. The van der Waals surface area contributed by atoms with Crippen molar-refractivity contribution in [2.24, 2.45) is 0 Å². The van der Waals surface area contributed by atoms with Crippen LogP contribution < -0.4 is 0 Å². The number of hydrogen-bond donors (Lipinski definition) is 0. The molecule has 0 aliphatic rings. The van der Waals surface area contributed by atoms with Crippen LogP contribution >= 0.6 is 15.9 Å². The Morgan fingerprint density at radius 2 is 2.00 bits per heavy atom. The lowest BCUT2D eigenvalue weighted by atomic mass is 10.2. The van der Waals surface area contributed by atoms with Crippen molar-refractivity contribution in [1.29, 1.82) is 0 Å². The SMILES string of the molecule is CC(C)(C)[Si](C)(C)OCc1cc(F)ncc1Br. The van der Waals surface area contributed by atoms with E-state index in [0.717, 1.165) is 10.0 Å². The zero-order valence-electron chi connectivity index (χ0n) is 11.0. The summed E-state index contributed by atoms with van der Waals surface area (Å²) in [4.78, 5) is 3.57. The van der Waals surface area contributed by atoms with E-state index in [1.54, 1.807) is 0 Å². The average Bonchev–Trinajstić information content (AvgIpc) is 2.18. The van der Waals surface area contributed by atoms with Crippen LogP contribution in [0.4, 0.5) is 4.39 Å². The van der Waals surface area contributed by atoms with Gasteiger partial charge < -0.3 is 4.43 Å². The molecule has 0 N–H and O–H groups in total. The van der Waals surface area contributed by atoms with Crippen LogP contribution in [0, 0.1) is 5.95 Å². The highest BCUT2D eigenvalue weighted by molar-refractivity contribution is 9.10. The molecule has 96 valence electrons. The Labute approximate surface area is 112 Å². The monoisotopic (exact) mass is 319 g/mol. The van der Waals surface area contributed by atoms with Crippen LogP contribution in [0.2, 0.25) is 18.1 Å². The van der Waals surface area contributed by atoms with E-state index in [0.29, 0.717) is 6.61 Å². The molecule has 1 rings (SSSR count). The first kappa shape index (κ1) is 14.8. The lowest BCUT2D eigenvalue weighted by molar-refractivity contribution is 0.275. The number of aromatic nitrogens is 1. The first-order valence-electron chi connectivity index (χ1n) is 5.57. The first-order valence-corrected chi connectivity index (χ1v) is 9.27. The number of pyridine rings is 1. The van der Waals surface area contributed by atoms with Gasteiger partial charge in [0.2, 0.25) is 5.95 Å². The molecule has 17 heavy (non-hydrogen) atoms. The zero-order valence-corrected chi connectivity index (χ0v) is 13.6. The summed E-state index contributed by atoms with van der Waals surface area (Å²) in [6.45, 7) is 11.3. The third-order valence-corrected chi connectivity index (χ3v) is 8.49. The van der Waals surface area contributed by atoms with Crippen molar-refractivity contribution in [2.75, 3.05) is 0 Å². The zero-order chi connectivity index (χ0) is 13.3. The first-order chi connectivity index (χ1) is 7.63. The van der Waals surface area contributed by atoms with Crippen molar-refractivity contribution in [2.45, 2.75) is 45.5 Å². The molecule has 5 heteroatoms. The molecule has 1 aromatic heterocycles. The van der Waals surface area contributed by atoms with E-state index in [1.807, 2.05) is 0 Å². The van der Waals surface area contributed by atoms with E-state index in [1.165, 1.54) is 12.3 Å². The largest absolute Gasteiger partial charge is 0.413 e. The Balaban J connectivity index is 2.77. The van der Waals surface area contributed by atoms with Crippen LogP contribution in [0.5, 0.6) is 0 Å². The molecule has 2 nitrogen and oxygen atoms in total. The maximum Gasteiger partial charge on any atom is 0.213 e. The molecule has 0 spiro atoms. The van der Waals surface area contributed by atoms with Gasteiger partial charge in [-0.3, -0.25) is 0 Å². The summed E-state index contributed by atoms with van der Waals surface area (Å²) in [6.07, 6.45) is 1.47. The number of rotatable bonds is 3. The summed E-state index contributed by atoms with van der Waals surface area (Å²) in [5, 5.41) is 0.158. The Bertz CT molecular complexity index is 404. The maximum absolute atomic E-state index is 13.0. The molecule has 1 heterocycles. The summed E-state index contributed by atoms with van der Waals surface area (Å²) in [5.41, 5.74) is 0.808. The number of nitrogens with zero attached hydrogens (tertiary/aromatic N) is 1. The molecule has 0 aliphatic carbocycles. The second kappa shape index (κ2) is 5.16. The van der Waals surface area contributed by atoms with Crippen molar-refractivity contribution in [3.63, 3.8) is 0 Å². The van der Waals surface area contributed by atoms with Crippen molar-refractivity contribution in [3.8, 4) is 0 Å². The molecule has 0 unspecified atom stereocenters. The smallest absolute Gasteiger partial charge is 0.213 e. The fraction of sp³-hybridized carbons (Fsp3) is 0.583. The molecule has 0 radical (unpaired) electrons. The summed E-state index contributed by atoms with van der Waals surface area (Å²) in [7, 11) is -1.79. The number of hydrogen-bond acceptors (Lipinski definition) is 2.